The summed E-state index contributed by atoms with van der Waals surface area (Å²) in [5.74, 6) is 0.958. The number of nitro benzene ring substituents is 2. The van der Waals surface area contributed by atoms with Gasteiger partial charge >= 0.3 is 0 Å². The Morgan fingerprint density at radius 2 is 1.62 bits per heavy atom. The molecule has 24 heavy (non-hydrogen) atoms. The van der Waals surface area contributed by atoms with Crippen LogP contribution in [0.15, 0.2) is 24.3 Å². The van der Waals surface area contributed by atoms with Gasteiger partial charge in [-0.15, -0.1) is 0 Å². The van der Waals surface area contributed by atoms with Crippen LogP contribution in [0.4, 0.5) is 17.1 Å². The number of benzene rings is 2. The maximum Gasteiger partial charge on any atom is 0.299 e. The topological polar surface area (TPSA) is 117 Å². The number of methoxy groups -OCH3 is 2. The lowest BCUT2D eigenvalue weighted by Crippen LogP contribution is -2.12. The number of nitrogens with one attached hydrogen (secondary N) is 1. The first-order valence-electron chi connectivity index (χ1n) is 6.92. The maximum atomic E-state index is 11.3. The number of nitro groups is 2. The minimum absolute atomic E-state index is 0.255. The van der Waals surface area contributed by atoms with Gasteiger partial charge in [-0.2, -0.15) is 0 Å². The number of nitrogens with zero attached hydrogens (tertiary/aromatic N) is 2. The molecule has 0 saturated carbocycles. The Labute approximate surface area is 136 Å². The summed E-state index contributed by atoms with van der Waals surface area (Å²) in [6.45, 7) is 0.335. The summed E-state index contributed by atoms with van der Waals surface area (Å²) >= 11 is 0. The molecule has 0 aromatic heterocycles. The number of rotatable bonds is 4. The molecular formula is C15H13N3O6. The molecule has 0 spiro atoms. The number of hydrogen-bond acceptors (Lipinski definition) is 7. The summed E-state index contributed by atoms with van der Waals surface area (Å²) in [5.41, 5.74) is 1.40. The van der Waals surface area contributed by atoms with E-state index >= 15 is 0 Å². The fourth-order valence-corrected chi connectivity index (χ4v) is 2.76. The summed E-state index contributed by atoms with van der Waals surface area (Å²) in [6, 6.07) is 5.69. The van der Waals surface area contributed by atoms with E-state index in [0.717, 1.165) is 11.6 Å². The zero-order valence-electron chi connectivity index (χ0n) is 12.9. The van der Waals surface area contributed by atoms with Crippen molar-refractivity contribution in [2.24, 2.45) is 0 Å². The summed E-state index contributed by atoms with van der Waals surface area (Å²) in [7, 11) is 2.98. The highest BCUT2D eigenvalue weighted by atomic mass is 16.6. The van der Waals surface area contributed by atoms with Crippen molar-refractivity contribution in [3.63, 3.8) is 0 Å². The van der Waals surface area contributed by atoms with Crippen LogP contribution in [0.3, 0.4) is 0 Å². The minimum Gasteiger partial charge on any atom is -0.493 e. The van der Waals surface area contributed by atoms with Gasteiger partial charge in [0, 0.05) is 18.2 Å². The first-order valence-corrected chi connectivity index (χ1v) is 6.92. The average Bonchev–Trinajstić information content (AvgIpc) is 2.58. The quantitative estimate of drug-likeness (QED) is 0.675. The van der Waals surface area contributed by atoms with E-state index in [1.54, 1.807) is 12.1 Å². The van der Waals surface area contributed by atoms with Gasteiger partial charge in [0.1, 0.15) is 5.69 Å². The molecule has 9 nitrogen and oxygen atoms in total. The van der Waals surface area contributed by atoms with Crippen molar-refractivity contribution < 1.29 is 19.3 Å². The van der Waals surface area contributed by atoms with E-state index in [1.807, 2.05) is 0 Å². The number of hydrogen-bond donors (Lipinski definition) is 1. The van der Waals surface area contributed by atoms with Crippen LogP contribution in [0.1, 0.15) is 5.56 Å². The molecule has 1 aliphatic rings. The Hall–Kier alpha value is -3.36. The van der Waals surface area contributed by atoms with Crippen molar-refractivity contribution in [3.8, 4) is 22.6 Å². The zero-order chi connectivity index (χ0) is 17.4. The number of anilines is 1. The van der Waals surface area contributed by atoms with Crippen LogP contribution in [0.2, 0.25) is 0 Å². The Bertz CT molecular complexity index is 865. The average molecular weight is 331 g/mol. The monoisotopic (exact) mass is 331 g/mol. The van der Waals surface area contributed by atoms with Crippen molar-refractivity contribution >= 4 is 17.1 Å². The van der Waals surface area contributed by atoms with Crippen molar-refractivity contribution in [2.75, 3.05) is 19.5 Å². The SMILES string of the molecule is COc1cc2c(cc1OC)-c1cc([N+](=O)[O-])cc([N+](=O)[O-])c1NC2. The molecule has 0 bridgehead atoms. The van der Waals surface area contributed by atoms with Crippen molar-refractivity contribution in [2.45, 2.75) is 6.54 Å². The standard InChI is InChI=1S/C15H13N3O6/c1-23-13-3-8-7-16-15-11(10(8)6-14(13)24-2)4-9(17(19)20)5-12(15)18(21)22/h3-6,16H,7H2,1-2H3. The number of ether oxygens (including phenoxy) is 2. The lowest BCUT2D eigenvalue weighted by molar-refractivity contribution is -0.393. The van der Waals surface area contributed by atoms with Crippen LogP contribution in [-0.4, -0.2) is 24.1 Å². The van der Waals surface area contributed by atoms with Gasteiger partial charge < -0.3 is 14.8 Å². The van der Waals surface area contributed by atoms with E-state index < -0.39 is 9.85 Å². The van der Waals surface area contributed by atoms with Crippen LogP contribution in [-0.2, 0) is 6.54 Å². The van der Waals surface area contributed by atoms with Gasteiger partial charge in [0.15, 0.2) is 11.5 Å². The van der Waals surface area contributed by atoms with E-state index in [4.69, 9.17) is 9.47 Å². The first kappa shape index (κ1) is 15.5. The maximum absolute atomic E-state index is 11.3. The van der Waals surface area contributed by atoms with Gasteiger partial charge in [-0.05, 0) is 23.3 Å². The second-order valence-corrected chi connectivity index (χ2v) is 5.12. The molecule has 0 unspecified atom stereocenters. The lowest BCUT2D eigenvalue weighted by atomic mass is 9.92. The molecule has 0 saturated heterocycles. The van der Waals surface area contributed by atoms with Crippen LogP contribution >= 0.6 is 0 Å². The van der Waals surface area contributed by atoms with Crippen LogP contribution < -0.4 is 14.8 Å². The molecule has 1 aliphatic heterocycles. The van der Waals surface area contributed by atoms with Gasteiger partial charge in [-0.1, -0.05) is 0 Å². The molecule has 1 N–H and O–H groups in total. The van der Waals surface area contributed by atoms with E-state index in [9.17, 15) is 20.2 Å². The second-order valence-electron chi connectivity index (χ2n) is 5.12. The molecule has 0 fully saturated rings. The highest BCUT2D eigenvalue weighted by molar-refractivity contribution is 5.91. The van der Waals surface area contributed by atoms with Crippen molar-refractivity contribution in [1.29, 1.82) is 0 Å². The molecule has 3 rings (SSSR count). The summed E-state index contributed by atoms with van der Waals surface area (Å²) in [6.07, 6.45) is 0. The molecule has 9 heteroatoms. The van der Waals surface area contributed by atoms with Gasteiger partial charge in [0.2, 0.25) is 0 Å². The molecule has 0 aliphatic carbocycles. The van der Waals surface area contributed by atoms with Crippen LogP contribution in [0.25, 0.3) is 11.1 Å². The first-order chi connectivity index (χ1) is 11.5. The van der Waals surface area contributed by atoms with Gasteiger partial charge in [0.05, 0.1) is 30.1 Å². The molecule has 0 amide bonds. The minimum atomic E-state index is -0.650. The van der Waals surface area contributed by atoms with Crippen molar-refractivity contribution in [3.05, 3.63) is 50.1 Å². The van der Waals surface area contributed by atoms with Crippen molar-refractivity contribution in [1.82, 2.24) is 0 Å². The van der Waals surface area contributed by atoms with E-state index in [2.05, 4.69) is 5.32 Å². The third kappa shape index (κ3) is 2.35. The van der Waals surface area contributed by atoms with Crippen LogP contribution in [0, 0.1) is 20.2 Å². The largest absolute Gasteiger partial charge is 0.493 e. The molecule has 2 aromatic rings. The number of fused-ring (bicyclic) bond motifs is 3. The highest BCUT2D eigenvalue weighted by Crippen LogP contribution is 2.46. The van der Waals surface area contributed by atoms with Gasteiger partial charge in [0.25, 0.3) is 11.4 Å². The van der Waals surface area contributed by atoms with E-state index in [1.165, 1.54) is 20.3 Å². The summed E-state index contributed by atoms with van der Waals surface area (Å²) < 4.78 is 10.5. The molecule has 0 radical (unpaired) electrons. The fourth-order valence-electron chi connectivity index (χ4n) is 2.76. The van der Waals surface area contributed by atoms with E-state index in [0.29, 0.717) is 29.2 Å². The fraction of sp³-hybridized carbons (Fsp3) is 0.200. The molecular weight excluding hydrogens is 318 g/mol. The molecule has 1 heterocycles. The normalized spacial score (nSPS) is 11.8. The summed E-state index contributed by atoms with van der Waals surface area (Å²) in [5, 5.41) is 25.4. The third-order valence-corrected chi connectivity index (χ3v) is 3.86. The predicted molar refractivity (Wildman–Crippen MR) is 85.6 cm³/mol. The summed E-state index contributed by atoms with van der Waals surface area (Å²) in [4.78, 5) is 21.1. The molecule has 0 atom stereocenters. The Balaban J connectivity index is 2.31. The third-order valence-electron chi connectivity index (χ3n) is 3.86. The predicted octanol–water partition coefficient (Wildman–Crippen LogP) is 3.11. The lowest BCUT2D eigenvalue weighted by Gasteiger charge is -2.23. The smallest absolute Gasteiger partial charge is 0.299 e. The Kier molecular flexibility index (Phi) is 3.68. The van der Waals surface area contributed by atoms with E-state index in [-0.39, 0.29) is 17.1 Å². The number of non-ortho nitro benzene ring substituents is 1. The molecule has 124 valence electrons. The highest BCUT2D eigenvalue weighted by Gasteiger charge is 2.29. The Morgan fingerprint density at radius 3 is 2.21 bits per heavy atom. The van der Waals surface area contributed by atoms with Gasteiger partial charge in [-0.25, -0.2) is 0 Å². The second kappa shape index (κ2) is 5.69. The van der Waals surface area contributed by atoms with Gasteiger partial charge in [-0.3, -0.25) is 20.2 Å². The molecule has 2 aromatic carbocycles. The van der Waals surface area contributed by atoms with Crippen LogP contribution in [0.5, 0.6) is 11.5 Å². The Morgan fingerprint density at radius 1 is 0.958 bits per heavy atom. The zero-order valence-corrected chi connectivity index (χ0v) is 12.9.